The number of aliphatic carboxylic acids is 1. The molecule has 0 fully saturated rings. The number of rotatable bonds is 5. The maximum absolute atomic E-state index is 10.2. The molecule has 78 valence electrons. The van der Waals surface area contributed by atoms with E-state index in [0.29, 0.717) is 19.4 Å². The molecule has 0 aliphatic rings. The minimum atomic E-state index is -1.00. The zero-order chi connectivity index (χ0) is 9.56. The molecular formula is C6H14FeN4O2. The van der Waals surface area contributed by atoms with Gasteiger partial charge in [0, 0.05) is 23.6 Å². The summed E-state index contributed by atoms with van der Waals surface area (Å²) >= 11 is 0. The third-order valence-electron chi connectivity index (χ3n) is 1.28. The molecule has 6 nitrogen and oxygen atoms in total. The van der Waals surface area contributed by atoms with Gasteiger partial charge in [-0.25, -0.2) is 0 Å². The molecule has 0 aromatic carbocycles. The van der Waals surface area contributed by atoms with E-state index >= 15 is 0 Å². The van der Waals surface area contributed by atoms with Gasteiger partial charge in [0.1, 0.15) is 6.04 Å². The first kappa shape index (κ1) is 14.7. The number of aliphatic imine (C=N–C) groups is 1. The second kappa shape index (κ2) is 7.85. The predicted octanol–water partition coefficient (Wildman–Crippen LogP) is -1.55. The Morgan fingerprint density at radius 3 is 2.38 bits per heavy atom. The van der Waals surface area contributed by atoms with Crippen LogP contribution in [0, 0.1) is 0 Å². The van der Waals surface area contributed by atoms with E-state index in [-0.39, 0.29) is 23.0 Å². The Kier molecular flexibility index (Phi) is 8.89. The summed E-state index contributed by atoms with van der Waals surface area (Å²) in [5, 5.41) is 8.38. The molecule has 1 atom stereocenters. The molecule has 7 N–H and O–H groups in total. The van der Waals surface area contributed by atoms with E-state index in [1.807, 2.05) is 0 Å². The number of carboxylic acid groups (broad SMARTS) is 1. The molecule has 7 heteroatoms. The van der Waals surface area contributed by atoms with Gasteiger partial charge >= 0.3 is 5.97 Å². The van der Waals surface area contributed by atoms with Crippen LogP contribution in [0.2, 0.25) is 0 Å². The standard InChI is InChI=1S/C6H14N4O2.Fe/c7-4(5(11)12)2-1-3-10-6(8)9;/h4H,1-3,7H2,(H,11,12)(H4,8,9,10);. The first-order valence-corrected chi connectivity index (χ1v) is 3.58. The molecule has 1 unspecified atom stereocenters. The molecule has 0 saturated heterocycles. The SMILES string of the molecule is NC(N)=NCCCC(N)C(=O)O.[Fe]. The smallest absolute Gasteiger partial charge is 0.320 e. The third-order valence-corrected chi connectivity index (χ3v) is 1.28. The molecular weight excluding hydrogens is 216 g/mol. The normalized spacial score (nSPS) is 11.2. The van der Waals surface area contributed by atoms with Crippen molar-refractivity contribution >= 4 is 11.9 Å². The van der Waals surface area contributed by atoms with Crippen LogP contribution in [0.4, 0.5) is 0 Å². The Morgan fingerprint density at radius 2 is 2.00 bits per heavy atom. The molecule has 0 aliphatic carbocycles. The van der Waals surface area contributed by atoms with Crippen LogP contribution in [0.1, 0.15) is 12.8 Å². The van der Waals surface area contributed by atoms with Crippen LogP contribution in [0.3, 0.4) is 0 Å². The fraction of sp³-hybridized carbons (Fsp3) is 0.667. The fourth-order valence-electron chi connectivity index (χ4n) is 0.643. The number of hydrogen-bond acceptors (Lipinski definition) is 3. The molecule has 0 aliphatic heterocycles. The summed E-state index contributed by atoms with van der Waals surface area (Å²) in [5.74, 6) is -0.987. The van der Waals surface area contributed by atoms with Crippen molar-refractivity contribution in [3.8, 4) is 0 Å². The summed E-state index contributed by atoms with van der Waals surface area (Å²) in [6, 6.07) is -0.820. The molecule has 0 aromatic heterocycles. The first-order chi connectivity index (χ1) is 5.54. The zero-order valence-electron chi connectivity index (χ0n) is 7.09. The Labute approximate surface area is 87.0 Å². The summed E-state index contributed by atoms with van der Waals surface area (Å²) in [4.78, 5) is 13.9. The summed E-state index contributed by atoms with van der Waals surface area (Å²) < 4.78 is 0. The number of carbonyl (C=O) groups is 1. The van der Waals surface area contributed by atoms with Gasteiger partial charge in [-0.15, -0.1) is 0 Å². The van der Waals surface area contributed by atoms with Crippen LogP contribution in [0.15, 0.2) is 4.99 Å². The molecule has 0 radical (unpaired) electrons. The van der Waals surface area contributed by atoms with Crippen molar-refractivity contribution < 1.29 is 27.0 Å². The van der Waals surface area contributed by atoms with Gasteiger partial charge in [-0.2, -0.15) is 0 Å². The Hall–Kier alpha value is -0.781. The topological polar surface area (TPSA) is 128 Å². The van der Waals surface area contributed by atoms with Crippen LogP contribution < -0.4 is 17.2 Å². The second-order valence-corrected chi connectivity index (χ2v) is 2.39. The number of guanidine groups is 1. The van der Waals surface area contributed by atoms with Crippen molar-refractivity contribution in [2.75, 3.05) is 6.54 Å². The van der Waals surface area contributed by atoms with Crippen molar-refractivity contribution in [1.29, 1.82) is 0 Å². The summed E-state index contributed by atoms with van der Waals surface area (Å²) in [7, 11) is 0. The van der Waals surface area contributed by atoms with E-state index in [2.05, 4.69) is 4.99 Å². The average molecular weight is 230 g/mol. The second-order valence-electron chi connectivity index (χ2n) is 2.39. The van der Waals surface area contributed by atoms with Crippen molar-refractivity contribution in [2.45, 2.75) is 18.9 Å². The molecule has 0 rings (SSSR count). The van der Waals surface area contributed by atoms with E-state index < -0.39 is 12.0 Å². The van der Waals surface area contributed by atoms with Crippen molar-refractivity contribution in [1.82, 2.24) is 0 Å². The monoisotopic (exact) mass is 230 g/mol. The van der Waals surface area contributed by atoms with E-state index in [1.165, 1.54) is 0 Å². The van der Waals surface area contributed by atoms with Crippen LogP contribution in [-0.2, 0) is 21.9 Å². The van der Waals surface area contributed by atoms with Crippen molar-refractivity contribution in [3.63, 3.8) is 0 Å². The van der Waals surface area contributed by atoms with Gasteiger partial charge in [-0.3, -0.25) is 9.79 Å². The van der Waals surface area contributed by atoms with Crippen LogP contribution in [-0.4, -0.2) is 29.6 Å². The zero-order valence-corrected chi connectivity index (χ0v) is 8.19. The van der Waals surface area contributed by atoms with E-state index in [1.54, 1.807) is 0 Å². The van der Waals surface area contributed by atoms with Gasteiger partial charge in [-0.1, -0.05) is 0 Å². The molecule has 0 saturated carbocycles. The average Bonchev–Trinajstić information content (AvgIpc) is 1.97. The number of carboxylic acids is 1. The molecule has 0 heterocycles. The van der Waals surface area contributed by atoms with Crippen molar-refractivity contribution in [2.24, 2.45) is 22.2 Å². The van der Waals surface area contributed by atoms with Gasteiger partial charge in [-0.05, 0) is 12.8 Å². The van der Waals surface area contributed by atoms with Crippen LogP contribution >= 0.6 is 0 Å². The van der Waals surface area contributed by atoms with Crippen LogP contribution in [0.25, 0.3) is 0 Å². The number of hydrogen-bond donors (Lipinski definition) is 4. The van der Waals surface area contributed by atoms with E-state index in [4.69, 9.17) is 22.3 Å². The van der Waals surface area contributed by atoms with E-state index in [0.717, 1.165) is 0 Å². The molecule has 0 bridgehead atoms. The summed E-state index contributed by atoms with van der Waals surface area (Å²) in [6.45, 7) is 0.420. The quantitative estimate of drug-likeness (QED) is 0.197. The Balaban J connectivity index is 0. The fourth-order valence-corrected chi connectivity index (χ4v) is 0.643. The Morgan fingerprint density at radius 1 is 1.46 bits per heavy atom. The summed E-state index contributed by atoms with van der Waals surface area (Å²) in [5.41, 5.74) is 15.3. The minimum absolute atomic E-state index is 0. The minimum Gasteiger partial charge on any atom is -0.480 e. The summed E-state index contributed by atoms with van der Waals surface area (Å²) in [6.07, 6.45) is 0.956. The third kappa shape index (κ3) is 9.13. The largest absolute Gasteiger partial charge is 0.480 e. The van der Waals surface area contributed by atoms with Gasteiger partial charge in [0.15, 0.2) is 5.96 Å². The van der Waals surface area contributed by atoms with Gasteiger partial charge < -0.3 is 22.3 Å². The van der Waals surface area contributed by atoms with Gasteiger partial charge in [0.2, 0.25) is 0 Å². The Bertz CT molecular complexity index is 181. The molecule has 0 aromatic rings. The van der Waals surface area contributed by atoms with Gasteiger partial charge in [0.05, 0.1) is 0 Å². The van der Waals surface area contributed by atoms with Crippen molar-refractivity contribution in [3.05, 3.63) is 0 Å². The first-order valence-electron chi connectivity index (χ1n) is 3.58. The van der Waals surface area contributed by atoms with Crippen LogP contribution in [0.5, 0.6) is 0 Å². The predicted molar refractivity (Wildman–Crippen MR) is 45.5 cm³/mol. The maximum Gasteiger partial charge on any atom is 0.320 e. The van der Waals surface area contributed by atoms with E-state index in [9.17, 15) is 4.79 Å². The number of nitrogens with two attached hydrogens (primary N) is 3. The molecule has 0 spiro atoms. The maximum atomic E-state index is 10.2. The molecule has 0 amide bonds. The number of nitrogens with zero attached hydrogens (tertiary/aromatic N) is 1. The molecule has 13 heavy (non-hydrogen) atoms. The van der Waals surface area contributed by atoms with Gasteiger partial charge in [0.25, 0.3) is 0 Å².